The fourth-order valence-electron chi connectivity index (χ4n) is 4.31. The number of halogens is 1. The van der Waals surface area contributed by atoms with Crippen molar-refractivity contribution in [1.29, 1.82) is 0 Å². The van der Waals surface area contributed by atoms with E-state index in [9.17, 15) is 19.5 Å². The van der Waals surface area contributed by atoms with E-state index >= 15 is 0 Å². The number of carboxylic acids is 1. The smallest absolute Gasteiger partial charge is 0.407 e. The number of benzene rings is 3. The summed E-state index contributed by atoms with van der Waals surface area (Å²) in [7, 11) is 0. The third-order valence-electron chi connectivity index (χ3n) is 6.00. The molecule has 0 aliphatic heterocycles. The van der Waals surface area contributed by atoms with E-state index in [1.54, 1.807) is 0 Å². The number of fused-ring (bicyclic) bond motifs is 3. The summed E-state index contributed by atoms with van der Waals surface area (Å²) >= 11 is 6.12. The molecule has 4 rings (SSSR count). The number of nitrogens with one attached hydrogen (secondary N) is 2. The molecular formula is C27H25ClN2O5. The zero-order valence-electron chi connectivity index (χ0n) is 19.1. The molecule has 7 nitrogen and oxygen atoms in total. The number of carbonyl (C=O) groups excluding carboxylic acids is 2. The van der Waals surface area contributed by atoms with Crippen LogP contribution in [0.25, 0.3) is 11.1 Å². The second-order valence-corrected chi connectivity index (χ2v) is 8.71. The van der Waals surface area contributed by atoms with Gasteiger partial charge >= 0.3 is 12.1 Å². The van der Waals surface area contributed by atoms with Crippen LogP contribution >= 0.6 is 11.6 Å². The molecular weight excluding hydrogens is 468 g/mol. The Morgan fingerprint density at radius 2 is 1.63 bits per heavy atom. The summed E-state index contributed by atoms with van der Waals surface area (Å²) in [6.45, 7) is 2.02. The van der Waals surface area contributed by atoms with E-state index in [2.05, 4.69) is 22.8 Å². The van der Waals surface area contributed by atoms with Crippen LogP contribution in [0, 0.1) is 0 Å². The number of hydrogen-bond acceptors (Lipinski definition) is 4. The molecule has 180 valence electrons. The van der Waals surface area contributed by atoms with Gasteiger partial charge in [0.1, 0.15) is 12.6 Å². The molecule has 3 aromatic rings. The maximum atomic E-state index is 12.9. The van der Waals surface area contributed by atoms with E-state index < -0.39 is 24.0 Å². The Hall–Kier alpha value is -3.84. The molecule has 1 aliphatic rings. The average molecular weight is 493 g/mol. The third-order valence-corrected chi connectivity index (χ3v) is 6.33. The number of ether oxygens (including phenoxy) is 1. The number of hydrogen-bond donors (Lipinski definition) is 3. The second kappa shape index (κ2) is 10.6. The number of carbonyl (C=O) groups is 3. The van der Waals surface area contributed by atoms with E-state index in [-0.39, 0.29) is 28.8 Å². The molecule has 0 radical (unpaired) electrons. The molecule has 0 saturated carbocycles. The van der Waals surface area contributed by atoms with Crippen molar-refractivity contribution < 1.29 is 24.2 Å². The minimum atomic E-state index is -1.14. The van der Waals surface area contributed by atoms with E-state index in [0.717, 1.165) is 22.3 Å². The van der Waals surface area contributed by atoms with Gasteiger partial charge in [-0.3, -0.25) is 4.79 Å². The lowest BCUT2D eigenvalue weighted by Crippen LogP contribution is -2.44. The lowest BCUT2D eigenvalue weighted by atomic mass is 9.98. The van der Waals surface area contributed by atoms with E-state index in [1.807, 2.05) is 43.3 Å². The zero-order valence-corrected chi connectivity index (χ0v) is 19.8. The molecule has 0 heterocycles. The summed E-state index contributed by atoms with van der Waals surface area (Å²) in [5.74, 6) is -1.74. The predicted octanol–water partition coefficient (Wildman–Crippen LogP) is 5.68. The summed E-state index contributed by atoms with van der Waals surface area (Å²) in [6.07, 6.45) is 0.294. The van der Waals surface area contributed by atoms with Crippen molar-refractivity contribution in [3.05, 3.63) is 88.4 Å². The predicted molar refractivity (Wildman–Crippen MR) is 134 cm³/mol. The monoisotopic (exact) mass is 492 g/mol. The van der Waals surface area contributed by atoms with Crippen molar-refractivity contribution in [3.8, 4) is 11.1 Å². The fraction of sp³-hybridized carbons (Fsp3) is 0.222. The van der Waals surface area contributed by atoms with Gasteiger partial charge in [0.15, 0.2) is 0 Å². The van der Waals surface area contributed by atoms with Gasteiger partial charge < -0.3 is 20.5 Å². The largest absolute Gasteiger partial charge is 0.478 e. The van der Waals surface area contributed by atoms with E-state index in [0.29, 0.717) is 12.8 Å². The van der Waals surface area contributed by atoms with Crippen LogP contribution in [0.4, 0.5) is 10.5 Å². The van der Waals surface area contributed by atoms with Gasteiger partial charge in [0.2, 0.25) is 5.91 Å². The van der Waals surface area contributed by atoms with Crippen LogP contribution in [0.1, 0.15) is 47.2 Å². The summed E-state index contributed by atoms with van der Waals surface area (Å²) in [5.41, 5.74) is 4.59. The van der Waals surface area contributed by atoms with Crippen molar-refractivity contribution in [1.82, 2.24) is 5.32 Å². The van der Waals surface area contributed by atoms with Crippen LogP contribution in [0.3, 0.4) is 0 Å². The Bertz CT molecular complexity index is 1230. The Morgan fingerprint density at radius 3 is 2.23 bits per heavy atom. The minimum Gasteiger partial charge on any atom is -0.478 e. The highest BCUT2D eigenvalue weighted by Gasteiger charge is 2.29. The highest BCUT2D eigenvalue weighted by atomic mass is 35.5. The van der Waals surface area contributed by atoms with Gasteiger partial charge in [0.25, 0.3) is 0 Å². The number of carboxylic acid groups (broad SMARTS) is 1. The zero-order chi connectivity index (χ0) is 24.9. The quantitative estimate of drug-likeness (QED) is 0.375. The third kappa shape index (κ3) is 5.30. The average Bonchev–Trinajstić information content (AvgIpc) is 3.17. The normalized spacial score (nSPS) is 12.9. The van der Waals surface area contributed by atoms with Gasteiger partial charge in [-0.25, -0.2) is 9.59 Å². The van der Waals surface area contributed by atoms with Gasteiger partial charge in [0.05, 0.1) is 16.3 Å². The molecule has 0 spiro atoms. The van der Waals surface area contributed by atoms with Gasteiger partial charge in [-0.2, -0.15) is 0 Å². The molecule has 0 fully saturated rings. The maximum Gasteiger partial charge on any atom is 0.407 e. The first-order chi connectivity index (χ1) is 16.9. The van der Waals surface area contributed by atoms with Crippen molar-refractivity contribution in [2.24, 2.45) is 0 Å². The molecule has 1 unspecified atom stereocenters. The van der Waals surface area contributed by atoms with Crippen LogP contribution in [0.2, 0.25) is 5.02 Å². The first-order valence-electron chi connectivity index (χ1n) is 11.3. The highest BCUT2D eigenvalue weighted by molar-refractivity contribution is 6.34. The van der Waals surface area contributed by atoms with Crippen LogP contribution < -0.4 is 10.6 Å². The molecule has 0 aromatic heterocycles. The molecule has 1 atom stereocenters. The lowest BCUT2D eigenvalue weighted by molar-refractivity contribution is -0.118. The van der Waals surface area contributed by atoms with Crippen molar-refractivity contribution in [3.63, 3.8) is 0 Å². The fourth-order valence-corrected chi connectivity index (χ4v) is 4.48. The molecule has 0 saturated heterocycles. The second-order valence-electron chi connectivity index (χ2n) is 8.30. The molecule has 3 N–H and O–H groups in total. The minimum absolute atomic E-state index is 0.0127. The van der Waals surface area contributed by atoms with E-state index in [1.165, 1.54) is 18.2 Å². The molecule has 2 amide bonds. The summed E-state index contributed by atoms with van der Waals surface area (Å²) in [6, 6.07) is 19.2. The number of amides is 2. The first-order valence-corrected chi connectivity index (χ1v) is 11.7. The van der Waals surface area contributed by atoms with Gasteiger partial charge in [0, 0.05) is 5.92 Å². The number of anilines is 1. The molecule has 0 bridgehead atoms. The number of rotatable bonds is 8. The Balaban J connectivity index is 1.42. The summed E-state index contributed by atoms with van der Waals surface area (Å²) in [5, 5.41) is 14.6. The Kier molecular flexibility index (Phi) is 7.36. The van der Waals surface area contributed by atoms with Crippen molar-refractivity contribution >= 4 is 35.3 Å². The maximum absolute atomic E-state index is 12.9. The number of alkyl carbamates (subject to hydrolysis) is 1. The van der Waals surface area contributed by atoms with Gasteiger partial charge in [-0.05, 0) is 46.9 Å². The Labute approximate surface area is 208 Å². The van der Waals surface area contributed by atoms with Crippen LogP contribution in [-0.2, 0) is 9.53 Å². The Morgan fingerprint density at radius 1 is 1.00 bits per heavy atom. The number of aromatic carboxylic acids is 1. The highest BCUT2D eigenvalue weighted by Crippen LogP contribution is 2.44. The summed E-state index contributed by atoms with van der Waals surface area (Å²) < 4.78 is 5.56. The molecule has 8 heteroatoms. The van der Waals surface area contributed by atoms with Crippen LogP contribution in [-0.4, -0.2) is 35.7 Å². The van der Waals surface area contributed by atoms with Gasteiger partial charge in [-0.1, -0.05) is 73.5 Å². The molecule has 35 heavy (non-hydrogen) atoms. The molecule has 3 aromatic carbocycles. The lowest BCUT2D eigenvalue weighted by Gasteiger charge is -2.20. The first kappa shape index (κ1) is 24.3. The SMILES string of the molecule is CCCC(NC(=O)OCC1c2ccccc2-c2ccccc21)C(=O)Nc1cc(C(=O)O)ccc1Cl. The van der Waals surface area contributed by atoms with Crippen LogP contribution in [0.5, 0.6) is 0 Å². The standard InChI is InChI=1S/C27H25ClN2O5/c1-2-7-23(25(31)29-24-14-16(26(32)33)12-13-22(24)28)30-27(34)35-15-21-19-10-5-3-8-17(19)18-9-4-6-11-20(18)21/h3-6,8-14,21,23H,2,7,15H2,1H3,(H,29,31)(H,30,34)(H,32,33). The summed E-state index contributed by atoms with van der Waals surface area (Å²) in [4.78, 5) is 36.8. The van der Waals surface area contributed by atoms with Crippen molar-refractivity contribution in [2.45, 2.75) is 31.7 Å². The molecule has 1 aliphatic carbocycles. The van der Waals surface area contributed by atoms with Crippen molar-refractivity contribution in [2.75, 3.05) is 11.9 Å². The van der Waals surface area contributed by atoms with Gasteiger partial charge in [-0.15, -0.1) is 0 Å². The van der Waals surface area contributed by atoms with Crippen LogP contribution in [0.15, 0.2) is 66.7 Å². The topological polar surface area (TPSA) is 105 Å². The van der Waals surface area contributed by atoms with E-state index in [4.69, 9.17) is 16.3 Å².